The van der Waals surface area contributed by atoms with Crippen molar-refractivity contribution in [3.63, 3.8) is 0 Å². The van der Waals surface area contributed by atoms with Crippen molar-refractivity contribution in [2.24, 2.45) is 0 Å². The Morgan fingerprint density at radius 2 is 2.15 bits per heavy atom. The molecular formula is C14H19FN2O2S. The smallest absolute Gasteiger partial charge is 0.243 e. The predicted octanol–water partition coefficient (Wildman–Crippen LogP) is 1.89. The minimum absolute atomic E-state index is 0.152. The average Bonchev–Trinajstić information content (AvgIpc) is 2.41. The SMILES string of the molecule is CNCc1cc(S(=O)(=O)N2CCC=C(C)C2)ccc1F. The highest BCUT2D eigenvalue weighted by atomic mass is 32.2. The van der Waals surface area contributed by atoms with Gasteiger partial charge in [0.05, 0.1) is 4.90 Å². The van der Waals surface area contributed by atoms with Crippen molar-refractivity contribution in [2.45, 2.75) is 24.8 Å². The molecule has 1 heterocycles. The van der Waals surface area contributed by atoms with Gasteiger partial charge in [-0.05, 0) is 38.6 Å². The van der Waals surface area contributed by atoms with Crippen LogP contribution in [0, 0.1) is 5.82 Å². The van der Waals surface area contributed by atoms with Gasteiger partial charge in [-0.25, -0.2) is 12.8 Å². The molecule has 1 aliphatic rings. The molecule has 4 nitrogen and oxygen atoms in total. The van der Waals surface area contributed by atoms with Gasteiger partial charge in [0.15, 0.2) is 0 Å². The van der Waals surface area contributed by atoms with Crippen molar-refractivity contribution in [1.29, 1.82) is 0 Å². The summed E-state index contributed by atoms with van der Waals surface area (Å²) in [5, 5.41) is 2.83. The number of halogens is 1. The molecule has 0 amide bonds. The van der Waals surface area contributed by atoms with E-state index in [-0.39, 0.29) is 4.90 Å². The molecule has 110 valence electrons. The molecule has 1 aromatic carbocycles. The molecule has 0 saturated heterocycles. The molecule has 6 heteroatoms. The molecule has 1 aromatic rings. The number of hydrogen-bond donors (Lipinski definition) is 1. The fourth-order valence-corrected chi connectivity index (χ4v) is 3.82. The molecule has 20 heavy (non-hydrogen) atoms. The van der Waals surface area contributed by atoms with E-state index in [0.717, 1.165) is 12.0 Å². The summed E-state index contributed by atoms with van der Waals surface area (Å²) in [7, 11) is -1.86. The van der Waals surface area contributed by atoms with Gasteiger partial charge in [0, 0.05) is 25.2 Å². The van der Waals surface area contributed by atoms with Gasteiger partial charge in [-0.15, -0.1) is 0 Å². The molecule has 0 radical (unpaired) electrons. The Morgan fingerprint density at radius 3 is 2.80 bits per heavy atom. The van der Waals surface area contributed by atoms with Crippen LogP contribution in [0.25, 0.3) is 0 Å². The van der Waals surface area contributed by atoms with E-state index < -0.39 is 15.8 Å². The minimum atomic E-state index is -3.55. The van der Waals surface area contributed by atoms with E-state index in [4.69, 9.17) is 0 Å². The number of rotatable bonds is 4. The molecule has 0 bridgehead atoms. The first-order valence-electron chi connectivity index (χ1n) is 6.54. The van der Waals surface area contributed by atoms with E-state index in [1.165, 1.54) is 22.5 Å². The van der Waals surface area contributed by atoms with Gasteiger partial charge < -0.3 is 5.32 Å². The lowest BCUT2D eigenvalue weighted by Crippen LogP contribution is -2.35. The lowest BCUT2D eigenvalue weighted by molar-refractivity contribution is 0.427. The number of hydrogen-bond acceptors (Lipinski definition) is 3. The van der Waals surface area contributed by atoms with E-state index in [9.17, 15) is 12.8 Å². The number of nitrogens with one attached hydrogen (secondary N) is 1. The van der Waals surface area contributed by atoms with Crippen LogP contribution >= 0.6 is 0 Å². The zero-order valence-corrected chi connectivity index (χ0v) is 12.5. The van der Waals surface area contributed by atoms with Crippen molar-refractivity contribution in [3.05, 3.63) is 41.2 Å². The van der Waals surface area contributed by atoms with Crippen LogP contribution in [-0.2, 0) is 16.6 Å². The van der Waals surface area contributed by atoms with Crippen molar-refractivity contribution in [3.8, 4) is 0 Å². The highest BCUT2D eigenvalue weighted by molar-refractivity contribution is 7.89. The summed E-state index contributed by atoms with van der Waals surface area (Å²) in [5.74, 6) is -0.395. The second-order valence-electron chi connectivity index (χ2n) is 4.96. The van der Waals surface area contributed by atoms with E-state index in [1.807, 2.05) is 13.0 Å². The quantitative estimate of drug-likeness (QED) is 0.864. The summed E-state index contributed by atoms with van der Waals surface area (Å²) in [6.07, 6.45) is 2.76. The van der Waals surface area contributed by atoms with Crippen LogP contribution in [0.5, 0.6) is 0 Å². The summed E-state index contributed by atoms with van der Waals surface area (Å²) in [6, 6.07) is 3.96. The van der Waals surface area contributed by atoms with Gasteiger partial charge in [-0.1, -0.05) is 11.6 Å². The van der Waals surface area contributed by atoms with Gasteiger partial charge in [0.2, 0.25) is 10.0 Å². The molecule has 0 atom stereocenters. The summed E-state index contributed by atoms with van der Waals surface area (Å²) in [6.45, 7) is 3.09. The maximum atomic E-state index is 13.6. The van der Waals surface area contributed by atoms with Crippen molar-refractivity contribution < 1.29 is 12.8 Å². The van der Waals surface area contributed by atoms with Gasteiger partial charge in [0.1, 0.15) is 5.82 Å². The normalized spacial score (nSPS) is 17.1. The molecule has 2 rings (SSSR count). The molecule has 0 aliphatic carbocycles. The van der Waals surface area contributed by atoms with Crippen LogP contribution in [0.3, 0.4) is 0 Å². The standard InChI is InChI=1S/C14H19FN2O2S/c1-11-4-3-7-17(10-11)20(18,19)13-5-6-14(15)12(8-13)9-16-2/h4-6,8,16H,3,7,9-10H2,1-2H3. The zero-order chi connectivity index (χ0) is 14.8. The molecule has 0 unspecified atom stereocenters. The number of nitrogens with zero attached hydrogens (tertiary/aromatic N) is 1. The summed E-state index contributed by atoms with van der Waals surface area (Å²) in [4.78, 5) is 0.152. The van der Waals surface area contributed by atoms with Crippen molar-refractivity contribution in [1.82, 2.24) is 9.62 Å². The molecule has 0 saturated carbocycles. The first kappa shape index (κ1) is 15.2. The third-order valence-electron chi connectivity index (χ3n) is 3.32. The topological polar surface area (TPSA) is 49.4 Å². The van der Waals surface area contributed by atoms with Crippen molar-refractivity contribution in [2.75, 3.05) is 20.1 Å². The van der Waals surface area contributed by atoms with Gasteiger partial charge >= 0.3 is 0 Å². The third kappa shape index (κ3) is 3.08. The van der Waals surface area contributed by atoms with Crippen LogP contribution in [0.15, 0.2) is 34.7 Å². The average molecular weight is 298 g/mol. The Bertz CT molecular complexity index is 626. The van der Waals surface area contributed by atoms with Crippen LogP contribution in [0.1, 0.15) is 18.9 Å². The van der Waals surface area contributed by atoms with E-state index in [1.54, 1.807) is 7.05 Å². The van der Waals surface area contributed by atoms with Crippen LogP contribution in [0.2, 0.25) is 0 Å². The molecule has 0 aromatic heterocycles. The van der Waals surface area contributed by atoms with Crippen LogP contribution in [0.4, 0.5) is 4.39 Å². The fourth-order valence-electron chi connectivity index (χ4n) is 2.27. The second kappa shape index (κ2) is 6.03. The second-order valence-corrected chi connectivity index (χ2v) is 6.90. The summed E-state index contributed by atoms with van der Waals surface area (Å²) in [5.41, 5.74) is 1.40. The maximum Gasteiger partial charge on any atom is 0.243 e. The fraction of sp³-hybridized carbons (Fsp3) is 0.429. The molecule has 0 fully saturated rings. The Kier molecular flexibility index (Phi) is 4.57. The van der Waals surface area contributed by atoms with Crippen molar-refractivity contribution >= 4 is 10.0 Å². The first-order chi connectivity index (χ1) is 9.45. The maximum absolute atomic E-state index is 13.6. The largest absolute Gasteiger partial charge is 0.316 e. The van der Waals surface area contributed by atoms with E-state index in [0.29, 0.717) is 25.2 Å². The molecule has 1 N–H and O–H groups in total. The zero-order valence-electron chi connectivity index (χ0n) is 11.7. The Hall–Kier alpha value is -1.24. The highest BCUT2D eigenvalue weighted by Crippen LogP contribution is 2.22. The Morgan fingerprint density at radius 1 is 1.40 bits per heavy atom. The molecule has 1 aliphatic heterocycles. The Labute approximate surface area is 119 Å². The molecular weight excluding hydrogens is 279 g/mol. The lowest BCUT2D eigenvalue weighted by atomic mass is 10.2. The third-order valence-corrected chi connectivity index (χ3v) is 5.16. The summed E-state index contributed by atoms with van der Waals surface area (Å²) >= 11 is 0. The highest BCUT2D eigenvalue weighted by Gasteiger charge is 2.26. The lowest BCUT2D eigenvalue weighted by Gasteiger charge is -2.25. The minimum Gasteiger partial charge on any atom is -0.316 e. The monoisotopic (exact) mass is 298 g/mol. The number of benzene rings is 1. The Balaban J connectivity index is 2.34. The number of sulfonamides is 1. The first-order valence-corrected chi connectivity index (χ1v) is 7.98. The van der Waals surface area contributed by atoms with Crippen LogP contribution < -0.4 is 5.32 Å². The van der Waals surface area contributed by atoms with Gasteiger partial charge in [0.25, 0.3) is 0 Å². The van der Waals surface area contributed by atoms with E-state index in [2.05, 4.69) is 5.32 Å². The van der Waals surface area contributed by atoms with Crippen LogP contribution in [-0.4, -0.2) is 32.9 Å². The van der Waals surface area contributed by atoms with E-state index >= 15 is 0 Å². The summed E-state index contributed by atoms with van der Waals surface area (Å²) < 4.78 is 40.1. The predicted molar refractivity (Wildman–Crippen MR) is 76.3 cm³/mol. The van der Waals surface area contributed by atoms with Gasteiger partial charge in [-0.2, -0.15) is 4.31 Å². The molecule has 0 spiro atoms. The van der Waals surface area contributed by atoms with Gasteiger partial charge in [-0.3, -0.25) is 0 Å².